The predicted octanol–water partition coefficient (Wildman–Crippen LogP) is 2.22. The van der Waals surface area contributed by atoms with Crippen molar-refractivity contribution in [3.8, 4) is 11.5 Å². The van der Waals surface area contributed by atoms with Crippen molar-refractivity contribution in [1.29, 1.82) is 0 Å². The van der Waals surface area contributed by atoms with Crippen LogP contribution in [0.3, 0.4) is 0 Å². The second-order valence-electron chi connectivity index (χ2n) is 6.57. The first kappa shape index (κ1) is 14.7. The first-order chi connectivity index (χ1) is 10.9. The number of nitrogens with zero attached hydrogens (tertiary/aromatic N) is 1. The van der Waals surface area contributed by atoms with Gasteiger partial charge in [0.15, 0.2) is 11.5 Å². The fourth-order valence-corrected chi connectivity index (χ4v) is 3.27. The molecule has 0 bridgehead atoms. The Balaban J connectivity index is 1.44. The van der Waals surface area contributed by atoms with Crippen molar-refractivity contribution in [2.75, 3.05) is 13.1 Å². The number of halogens is 2. The van der Waals surface area contributed by atoms with Crippen LogP contribution in [-0.4, -0.2) is 42.3 Å². The number of rotatable bonds is 3. The summed E-state index contributed by atoms with van der Waals surface area (Å²) in [5.74, 6) is -0.0681. The van der Waals surface area contributed by atoms with Crippen LogP contribution in [0.2, 0.25) is 0 Å². The van der Waals surface area contributed by atoms with Crippen LogP contribution in [0, 0.1) is 5.92 Å². The molecular formula is C16H18F2N2O3. The van der Waals surface area contributed by atoms with Crippen molar-refractivity contribution in [2.24, 2.45) is 5.92 Å². The van der Waals surface area contributed by atoms with Gasteiger partial charge in [-0.25, -0.2) is 0 Å². The number of benzene rings is 1. The Hall–Kier alpha value is -1.89. The van der Waals surface area contributed by atoms with E-state index in [1.165, 1.54) is 31.0 Å². The summed E-state index contributed by atoms with van der Waals surface area (Å²) in [5, 5.41) is 3.00. The maximum Gasteiger partial charge on any atom is 0.586 e. The highest BCUT2D eigenvalue weighted by molar-refractivity contribution is 5.95. The van der Waals surface area contributed by atoms with Gasteiger partial charge in [-0.3, -0.25) is 9.69 Å². The van der Waals surface area contributed by atoms with E-state index < -0.39 is 6.29 Å². The van der Waals surface area contributed by atoms with E-state index in [0.29, 0.717) is 17.5 Å². The van der Waals surface area contributed by atoms with E-state index >= 15 is 0 Å². The molecule has 1 aromatic rings. The highest BCUT2D eigenvalue weighted by atomic mass is 19.3. The average Bonchev–Trinajstić information content (AvgIpc) is 3.19. The van der Waals surface area contributed by atoms with Gasteiger partial charge in [0.25, 0.3) is 5.91 Å². The van der Waals surface area contributed by atoms with Gasteiger partial charge in [0.05, 0.1) is 0 Å². The van der Waals surface area contributed by atoms with Gasteiger partial charge in [-0.15, -0.1) is 8.78 Å². The Morgan fingerprint density at radius 2 is 2.00 bits per heavy atom. The van der Waals surface area contributed by atoms with E-state index in [1.807, 2.05) is 0 Å². The van der Waals surface area contributed by atoms with E-state index in [-0.39, 0.29) is 23.4 Å². The van der Waals surface area contributed by atoms with Crippen molar-refractivity contribution in [2.45, 2.75) is 38.1 Å². The molecule has 1 saturated carbocycles. The zero-order chi connectivity index (χ0) is 16.2. The van der Waals surface area contributed by atoms with Gasteiger partial charge in [0, 0.05) is 30.7 Å². The van der Waals surface area contributed by atoms with Gasteiger partial charge in [-0.2, -0.15) is 0 Å². The standard InChI is InChI=1S/C16H18F2N2O3/c1-9-7-20(11-3-4-11)8-12(9)19-15(21)10-2-5-13-14(6-10)23-16(17,18)22-13/h2,5-6,9,11-12H,3-4,7-8H2,1H3,(H,19,21)/t9-,12-/m1/s1. The number of nitrogens with one attached hydrogen (secondary N) is 1. The second-order valence-corrected chi connectivity index (χ2v) is 6.57. The number of fused-ring (bicyclic) bond motifs is 1. The maximum atomic E-state index is 13.0. The van der Waals surface area contributed by atoms with E-state index in [2.05, 4.69) is 26.6 Å². The third kappa shape index (κ3) is 2.85. The molecule has 23 heavy (non-hydrogen) atoms. The van der Waals surface area contributed by atoms with E-state index in [9.17, 15) is 13.6 Å². The van der Waals surface area contributed by atoms with Crippen LogP contribution in [0.1, 0.15) is 30.1 Å². The first-order valence-electron chi connectivity index (χ1n) is 7.86. The quantitative estimate of drug-likeness (QED) is 0.926. The molecule has 0 radical (unpaired) electrons. The number of hydrogen-bond donors (Lipinski definition) is 1. The zero-order valence-corrected chi connectivity index (χ0v) is 12.7. The Morgan fingerprint density at radius 3 is 2.74 bits per heavy atom. The highest BCUT2D eigenvalue weighted by Crippen LogP contribution is 2.41. The fraction of sp³-hybridized carbons (Fsp3) is 0.562. The van der Waals surface area contributed by atoms with Gasteiger partial charge in [-0.05, 0) is 37.0 Å². The summed E-state index contributed by atoms with van der Waals surface area (Å²) in [6, 6.07) is 4.85. The summed E-state index contributed by atoms with van der Waals surface area (Å²) in [7, 11) is 0. The molecule has 124 valence electrons. The molecule has 2 atom stereocenters. The van der Waals surface area contributed by atoms with Crippen molar-refractivity contribution in [1.82, 2.24) is 10.2 Å². The van der Waals surface area contributed by atoms with E-state index in [0.717, 1.165) is 13.1 Å². The molecule has 2 fully saturated rings. The summed E-state index contributed by atoms with van der Waals surface area (Å²) in [5.41, 5.74) is 0.294. The van der Waals surface area contributed by atoms with Crippen LogP contribution in [0.4, 0.5) is 8.78 Å². The van der Waals surface area contributed by atoms with Crippen LogP contribution in [-0.2, 0) is 0 Å². The summed E-state index contributed by atoms with van der Waals surface area (Å²) >= 11 is 0. The van der Waals surface area contributed by atoms with Crippen LogP contribution in [0.5, 0.6) is 11.5 Å². The molecule has 5 nitrogen and oxygen atoms in total. The number of alkyl halides is 2. The Morgan fingerprint density at radius 1 is 1.26 bits per heavy atom. The number of carbonyl (C=O) groups is 1. The van der Waals surface area contributed by atoms with Gasteiger partial charge in [-0.1, -0.05) is 6.92 Å². The molecule has 0 spiro atoms. The van der Waals surface area contributed by atoms with Gasteiger partial charge in [0.2, 0.25) is 0 Å². The minimum Gasteiger partial charge on any atom is -0.395 e. The van der Waals surface area contributed by atoms with Gasteiger partial charge < -0.3 is 14.8 Å². The van der Waals surface area contributed by atoms with Crippen molar-refractivity contribution in [3.63, 3.8) is 0 Å². The van der Waals surface area contributed by atoms with Crippen LogP contribution in [0.15, 0.2) is 18.2 Å². The molecule has 2 heterocycles. The minimum atomic E-state index is -3.66. The lowest BCUT2D eigenvalue weighted by atomic mass is 10.1. The Labute approximate surface area is 132 Å². The summed E-state index contributed by atoms with van der Waals surface area (Å²) in [6.45, 7) is 3.96. The van der Waals surface area contributed by atoms with Gasteiger partial charge in [0.1, 0.15) is 0 Å². The topological polar surface area (TPSA) is 50.8 Å². The normalized spacial score (nSPS) is 28.8. The Bertz CT molecular complexity index is 648. The largest absolute Gasteiger partial charge is 0.586 e. The van der Waals surface area contributed by atoms with Crippen molar-refractivity contribution < 1.29 is 23.0 Å². The van der Waals surface area contributed by atoms with Gasteiger partial charge >= 0.3 is 6.29 Å². The summed E-state index contributed by atoms with van der Waals surface area (Å²) < 4.78 is 34.8. The monoisotopic (exact) mass is 324 g/mol. The zero-order valence-electron chi connectivity index (χ0n) is 12.7. The highest BCUT2D eigenvalue weighted by Gasteiger charge is 2.44. The number of carbonyl (C=O) groups excluding carboxylic acids is 1. The number of amides is 1. The van der Waals surface area contributed by atoms with E-state index in [1.54, 1.807) is 0 Å². The lowest BCUT2D eigenvalue weighted by Gasteiger charge is -2.17. The second kappa shape index (κ2) is 5.06. The lowest BCUT2D eigenvalue weighted by molar-refractivity contribution is -0.286. The SMILES string of the molecule is C[C@@H]1CN(C2CC2)C[C@H]1NC(=O)c1ccc2c(c1)OC(F)(F)O2. The molecule has 0 aromatic heterocycles. The molecule has 1 aromatic carbocycles. The predicted molar refractivity (Wildman–Crippen MR) is 77.7 cm³/mol. The summed E-state index contributed by atoms with van der Waals surface area (Å²) in [4.78, 5) is 14.8. The Kier molecular flexibility index (Phi) is 3.23. The first-order valence-corrected chi connectivity index (χ1v) is 7.86. The molecule has 3 aliphatic rings. The molecule has 0 unspecified atom stereocenters. The molecular weight excluding hydrogens is 306 g/mol. The average molecular weight is 324 g/mol. The summed E-state index contributed by atoms with van der Waals surface area (Å²) in [6.07, 6.45) is -1.18. The van der Waals surface area contributed by atoms with Crippen LogP contribution in [0.25, 0.3) is 0 Å². The molecule has 1 N–H and O–H groups in total. The maximum absolute atomic E-state index is 13.0. The third-order valence-corrected chi connectivity index (χ3v) is 4.68. The fourth-order valence-electron chi connectivity index (χ4n) is 3.27. The smallest absolute Gasteiger partial charge is 0.395 e. The van der Waals surface area contributed by atoms with Crippen LogP contribution >= 0.6 is 0 Å². The number of hydrogen-bond acceptors (Lipinski definition) is 4. The molecule has 4 rings (SSSR count). The molecule has 1 saturated heterocycles. The third-order valence-electron chi connectivity index (χ3n) is 4.68. The lowest BCUT2D eigenvalue weighted by Crippen LogP contribution is -2.40. The van der Waals surface area contributed by atoms with Crippen molar-refractivity contribution >= 4 is 5.91 Å². The molecule has 7 heteroatoms. The van der Waals surface area contributed by atoms with Crippen molar-refractivity contribution in [3.05, 3.63) is 23.8 Å². The number of likely N-dealkylation sites (tertiary alicyclic amines) is 1. The molecule has 1 aliphatic carbocycles. The molecule has 2 aliphatic heterocycles. The minimum absolute atomic E-state index is 0.0549. The molecule has 1 amide bonds. The number of ether oxygens (including phenoxy) is 2. The van der Waals surface area contributed by atoms with Crippen LogP contribution < -0.4 is 14.8 Å². The van der Waals surface area contributed by atoms with E-state index in [4.69, 9.17) is 0 Å².